The number of thiophene rings is 1. The molecule has 3 atom stereocenters. The SMILES string of the molecule is CC1OCC(=O)C1NC(=O)C(CC1CCCCC1)S(=O)(=O)Cc1ccsc1. The van der Waals surface area contributed by atoms with Gasteiger partial charge in [0.15, 0.2) is 15.6 Å². The molecule has 6 nitrogen and oxygen atoms in total. The average molecular weight is 414 g/mol. The van der Waals surface area contributed by atoms with Crippen LogP contribution in [-0.2, 0) is 29.9 Å². The van der Waals surface area contributed by atoms with E-state index in [-0.39, 0.29) is 24.1 Å². The van der Waals surface area contributed by atoms with Gasteiger partial charge in [-0.2, -0.15) is 11.3 Å². The Balaban J connectivity index is 1.77. The van der Waals surface area contributed by atoms with Gasteiger partial charge in [0.25, 0.3) is 0 Å². The van der Waals surface area contributed by atoms with Gasteiger partial charge in [-0.05, 0) is 41.7 Å². The molecule has 1 N–H and O–H groups in total. The summed E-state index contributed by atoms with van der Waals surface area (Å²) in [5, 5.41) is 5.17. The lowest BCUT2D eigenvalue weighted by Gasteiger charge is -2.27. The third-order valence-corrected chi connectivity index (χ3v) is 8.29. The van der Waals surface area contributed by atoms with E-state index in [1.54, 1.807) is 18.4 Å². The summed E-state index contributed by atoms with van der Waals surface area (Å²) < 4.78 is 31.4. The summed E-state index contributed by atoms with van der Waals surface area (Å²) in [6.07, 6.45) is 5.13. The summed E-state index contributed by atoms with van der Waals surface area (Å²) in [5.41, 5.74) is 0.704. The predicted octanol–water partition coefficient (Wildman–Crippen LogP) is 2.47. The third-order valence-electron chi connectivity index (χ3n) is 5.55. The van der Waals surface area contributed by atoms with E-state index in [2.05, 4.69) is 5.32 Å². The molecule has 2 fully saturated rings. The van der Waals surface area contributed by atoms with Gasteiger partial charge in [0, 0.05) is 0 Å². The monoisotopic (exact) mass is 413 g/mol. The lowest BCUT2D eigenvalue weighted by atomic mass is 9.86. The van der Waals surface area contributed by atoms with Gasteiger partial charge in [-0.3, -0.25) is 9.59 Å². The van der Waals surface area contributed by atoms with E-state index in [1.807, 2.05) is 5.38 Å². The normalized spacial score (nSPS) is 25.4. The van der Waals surface area contributed by atoms with Crippen LogP contribution in [-0.4, -0.2) is 44.1 Å². The van der Waals surface area contributed by atoms with Crippen molar-refractivity contribution in [3.8, 4) is 0 Å². The van der Waals surface area contributed by atoms with Crippen LogP contribution in [0, 0.1) is 5.92 Å². The van der Waals surface area contributed by atoms with Crippen molar-refractivity contribution in [2.45, 2.75) is 68.6 Å². The minimum Gasteiger partial charge on any atom is -0.368 e. The maximum atomic E-state index is 13.1. The number of ketones is 1. The molecular weight excluding hydrogens is 386 g/mol. The average Bonchev–Trinajstić information content (AvgIpc) is 3.25. The number of amides is 1. The van der Waals surface area contributed by atoms with Gasteiger partial charge >= 0.3 is 0 Å². The van der Waals surface area contributed by atoms with E-state index in [9.17, 15) is 18.0 Å². The summed E-state index contributed by atoms with van der Waals surface area (Å²) in [6, 6.07) is 1.01. The first-order chi connectivity index (χ1) is 12.9. The first-order valence-corrected chi connectivity index (χ1v) is 12.2. The van der Waals surface area contributed by atoms with Crippen molar-refractivity contribution < 1.29 is 22.7 Å². The highest BCUT2D eigenvalue weighted by Gasteiger charge is 2.40. The van der Waals surface area contributed by atoms with Crippen LogP contribution in [0.4, 0.5) is 0 Å². The van der Waals surface area contributed by atoms with E-state index in [1.165, 1.54) is 17.8 Å². The van der Waals surface area contributed by atoms with E-state index < -0.39 is 33.1 Å². The van der Waals surface area contributed by atoms with Crippen LogP contribution < -0.4 is 5.32 Å². The molecule has 2 aliphatic rings. The molecule has 2 heterocycles. The van der Waals surface area contributed by atoms with Crippen molar-refractivity contribution in [2.75, 3.05) is 6.61 Å². The molecule has 3 rings (SSSR count). The molecule has 1 aromatic rings. The highest BCUT2D eigenvalue weighted by molar-refractivity contribution is 7.92. The summed E-state index contributed by atoms with van der Waals surface area (Å²) in [6.45, 7) is 1.67. The molecule has 1 amide bonds. The Morgan fingerprint density at radius 2 is 2.07 bits per heavy atom. The molecule has 0 spiro atoms. The predicted molar refractivity (Wildman–Crippen MR) is 104 cm³/mol. The van der Waals surface area contributed by atoms with Gasteiger partial charge in [0.2, 0.25) is 5.91 Å². The number of rotatable bonds is 7. The largest absolute Gasteiger partial charge is 0.368 e. The quantitative estimate of drug-likeness (QED) is 0.742. The number of sulfone groups is 1. The second-order valence-electron chi connectivity index (χ2n) is 7.64. The van der Waals surface area contributed by atoms with Crippen LogP contribution >= 0.6 is 11.3 Å². The summed E-state index contributed by atoms with van der Waals surface area (Å²) in [4.78, 5) is 24.9. The number of nitrogens with one attached hydrogen (secondary N) is 1. The summed E-state index contributed by atoms with van der Waals surface area (Å²) in [5.74, 6) is -0.680. The van der Waals surface area contributed by atoms with Crippen molar-refractivity contribution in [3.05, 3.63) is 22.4 Å². The Labute approximate surface area is 164 Å². The van der Waals surface area contributed by atoms with Crippen molar-refractivity contribution in [2.24, 2.45) is 5.92 Å². The molecule has 1 saturated carbocycles. The van der Waals surface area contributed by atoms with E-state index >= 15 is 0 Å². The maximum Gasteiger partial charge on any atom is 0.239 e. The zero-order valence-electron chi connectivity index (χ0n) is 15.6. The number of hydrogen-bond acceptors (Lipinski definition) is 6. The number of carbonyl (C=O) groups excluding carboxylic acids is 2. The molecule has 0 radical (unpaired) electrons. The summed E-state index contributed by atoms with van der Waals surface area (Å²) >= 11 is 1.44. The van der Waals surface area contributed by atoms with Crippen LogP contribution in [0.25, 0.3) is 0 Å². The molecule has 3 unspecified atom stereocenters. The van der Waals surface area contributed by atoms with Crippen LogP contribution in [0.2, 0.25) is 0 Å². The fourth-order valence-electron chi connectivity index (χ4n) is 3.96. The van der Waals surface area contributed by atoms with Gasteiger partial charge in [-0.15, -0.1) is 0 Å². The lowest BCUT2D eigenvalue weighted by Crippen LogP contribution is -2.50. The Morgan fingerprint density at radius 3 is 2.67 bits per heavy atom. The van der Waals surface area contributed by atoms with Gasteiger partial charge in [-0.25, -0.2) is 8.42 Å². The molecule has 0 bridgehead atoms. The van der Waals surface area contributed by atoms with Crippen molar-refractivity contribution in [3.63, 3.8) is 0 Å². The number of hydrogen-bond donors (Lipinski definition) is 1. The Kier molecular flexibility index (Phi) is 6.70. The molecule has 150 valence electrons. The second-order valence-corrected chi connectivity index (χ2v) is 10.6. The van der Waals surface area contributed by atoms with Gasteiger partial charge in [0.1, 0.15) is 17.9 Å². The molecule has 8 heteroatoms. The van der Waals surface area contributed by atoms with E-state index in [4.69, 9.17) is 4.74 Å². The number of ether oxygens (including phenoxy) is 1. The van der Waals surface area contributed by atoms with Crippen molar-refractivity contribution in [1.29, 1.82) is 0 Å². The third kappa shape index (κ3) is 5.18. The topological polar surface area (TPSA) is 89.5 Å². The molecule has 1 aromatic heterocycles. The molecule has 27 heavy (non-hydrogen) atoms. The fourth-order valence-corrected chi connectivity index (χ4v) is 6.53. The minimum absolute atomic E-state index is 0.0406. The fraction of sp³-hybridized carbons (Fsp3) is 0.684. The number of carbonyl (C=O) groups is 2. The first-order valence-electron chi connectivity index (χ1n) is 9.54. The van der Waals surface area contributed by atoms with Gasteiger partial charge in [0.05, 0.1) is 11.9 Å². The van der Waals surface area contributed by atoms with E-state index in [0.29, 0.717) is 12.0 Å². The number of Topliss-reactive ketones (excluding diaryl/α,β-unsaturated/α-hetero) is 1. The Hall–Kier alpha value is -1.25. The van der Waals surface area contributed by atoms with Crippen LogP contribution in [0.1, 0.15) is 51.0 Å². The summed E-state index contributed by atoms with van der Waals surface area (Å²) in [7, 11) is -3.68. The highest BCUT2D eigenvalue weighted by Crippen LogP contribution is 2.30. The molecule has 1 saturated heterocycles. The molecule has 1 aliphatic carbocycles. The van der Waals surface area contributed by atoms with Gasteiger partial charge < -0.3 is 10.1 Å². The smallest absolute Gasteiger partial charge is 0.239 e. The minimum atomic E-state index is -3.68. The van der Waals surface area contributed by atoms with Crippen LogP contribution in [0.5, 0.6) is 0 Å². The highest BCUT2D eigenvalue weighted by atomic mass is 32.2. The van der Waals surface area contributed by atoms with Gasteiger partial charge in [-0.1, -0.05) is 32.1 Å². The van der Waals surface area contributed by atoms with Crippen LogP contribution in [0.15, 0.2) is 16.8 Å². The molecule has 1 aliphatic heterocycles. The second kappa shape index (κ2) is 8.84. The lowest BCUT2D eigenvalue weighted by molar-refractivity contribution is -0.126. The Morgan fingerprint density at radius 1 is 1.33 bits per heavy atom. The Bertz CT molecular complexity index is 753. The van der Waals surface area contributed by atoms with Crippen molar-refractivity contribution in [1.82, 2.24) is 5.32 Å². The van der Waals surface area contributed by atoms with Crippen molar-refractivity contribution >= 4 is 32.9 Å². The maximum absolute atomic E-state index is 13.1. The first kappa shape index (κ1) is 20.5. The zero-order valence-corrected chi connectivity index (χ0v) is 17.2. The standard InChI is InChI=1S/C19H27NO5S2/c1-13-18(16(21)10-25-13)20-19(22)17(9-14-5-3-2-4-6-14)27(23,24)12-15-7-8-26-11-15/h7-8,11,13-14,17-18H,2-6,9-10,12H2,1H3,(H,20,22). The van der Waals surface area contributed by atoms with E-state index in [0.717, 1.165) is 25.7 Å². The van der Waals surface area contributed by atoms with Crippen LogP contribution in [0.3, 0.4) is 0 Å². The molecular formula is C19H27NO5S2. The zero-order chi connectivity index (χ0) is 19.4. The molecule has 0 aromatic carbocycles.